The first-order chi connectivity index (χ1) is 12.1. The van der Waals surface area contributed by atoms with Crippen molar-refractivity contribution < 1.29 is 14.0 Å². The van der Waals surface area contributed by atoms with Gasteiger partial charge in [0.05, 0.1) is 23.0 Å². The molecule has 0 aliphatic carbocycles. The molecule has 0 radical (unpaired) electrons. The average Bonchev–Trinajstić information content (AvgIpc) is 3.06. The largest absolute Gasteiger partial charge is 0.293 e. The van der Waals surface area contributed by atoms with Gasteiger partial charge < -0.3 is 0 Å². The highest BCUT2D eigenvalue weighted by Gasteiger charge is 2.19. The summed E-state index contributed by atoms with van der Waals surface area (Å²) in [6.07, 6.45) is 0. The van der Waals surface area contributed by atoms with Crippen molar-refractivity contribution in [1.29, 1.82) is 0 Å². The lowest BCUT2D eigenvalue weighted by Gasteiger charge is -2.09. The molecule has 0 saturated carbocycles. The van der Waals surface area contributed by atoms with Crippen molar-refractivity contribution in [2.45, 2.75) is 6.92 Å². The number of benzene rings is 2. The molecule has 1 heterocycles. The Labute approximate surface area is 148 Å². The summed E-state index contributed by atoms with van der Waals surface area (Å²) in [6.45, 7) is 2.09. The van der Waals surface area contributed by atoms with E-state index >= 15 is 0 Å². The Balaban J connectivity index is 2.10. The Hall–Kier alpha value is -2.70. The molecule has 0 fully saturated rings. The van der Waals surface area contributed by atoms with Crippen LogP contribution in [0.15, 0.2) is 54.6 Å². The minimum Gasteiger partial charge on any atom is -0.274 e. The van der Waals surface area contributed by atoms with E-state index in [0.29, 0.717) is 28.6 Å². The Morgan fingerprint density at radius 1 is 1.24 bits per heavy atom. The van der Waals surface area contributed by atoms with Crippen LogP contribution in [0.4, 0.5) is 4.39 Å². The van der Waals surface area contributed by atoms with Gasteiger partial charge in [0.1, 0.15) is 11.5 Å². The highest BCUT2D eigenvalue weighted by Crippen LogP contribution is 2.25. The number of carbonyl (C=O) groups is 1. The Kier molecular flexibility index (Phi) is 5.11. The standard InChI is InChI=1S/C18H15ClFN3O2/c1-2-25-22-18(24)17-11-15(12-7-9-13(20)10-8-12)21-23(17)16-6-4-3-5-14(16)19/h3-11H,2H2,1H3,(H,22,24). The number of rotatable bonds is 5. The van der Waals surface area contributed by atoms with Gasteiger partial charge in [0.2, 0.25) is 0 Å². The lowest BCUT2D eigenvalue weighted by Crippen LogP contribution is -2.26. The van der Waals surface area contributed by atoms with Crippen LogP contribution in [0.25, 0.3) is 16.9 Å². The minimum atomic E-state index is -0.456. The van der Waals surface area contributed by atoms with E-state index in [1.807, 2.05) is 0 Å². The maximum Gasteiger partial charge on any atom is 0.293 e. The van der Waals surface area contributed by atoms with Gasteiger partial charge in [-0.05, 0) is 49.4 Å². The van der Waals surface area contributed by atoms with Gasteiger partial charge in [-0.2, -0.15) is 5.10 Å². The number of carbonyl (C=O) groups excluding carboxylic acids is 1. The normalized spacial score (nSPS) is 10.7. The summed E-state index contributed by atoms with van der Waals surface area (Å²) < 4.78 is 14.6. The number of hydrogen-bond donors (Lipinski definition) is 1. The van der Waals surface area contributed by atoms with Crippen LogP contribution in [0.1, 0.15) is 17.4 Å². The van der Waals surface area contributed by atoms with Crippen LogP contribution in [0.5, 0.6) is 0 Å². The minimum absolute atomic E-state index is 0.251. The average molecular weight is 360 g/mol. The number of hydrogen-bond acceptors (Lipinski definition) is 3. The molecule has 0 spiro atoms. The van der Waals surface area contributed by atoms with Crippen LogP contribution < -0.4 is 5.48 Å². The van der Waals surface area contributed by atoms with Crippen LogP contribution in [-0.2, 0) is 4.84 Å². The van der Waals surface area contributed by atoms with Gasteiger partial charge in [-0.15, -0.1) is 0 Å². The van der Waals surface area contributed by atoms with Crippen LogP contribution in [0.2, 0.25) is 5.02 Å². The number of para-hydroxylation sites is 1. The van der Waals surface area contributed by atoms with Gasteiger partial charge in [0.25, 0.3) is 5.91 Å². The molecule has 3 rings (SSSR count). The number of amides is 1. The first kappa shape index (κ1) is 17.1. The summed E-state index contributed by atoms with van der Waals surface area (Å²) in [5.41, 5.74) is 4.35. The molecule has 1 aromatic heterocycles. The Morgan fingerprint density at radius 3 is 2.64 bits per heavy atom. The smallest absolute Gasteiger partial charge is 0.274 e. The zero-order valence-electron chi connectivity index (χ0n) is 13.4. The zero-order chi connectivity index (χ0) is 17.8. The van der Waals surface area contributed by atoms with Gasteiger partial charge in [0.15, 0.2) is 0 Å². The fraction of sp³-hybridized carbons (Fsp3) is 0.111. The molecule has 0 aliphatic rings. The summed E-state index contributed by atoms with van der Waals surface area (Å²) in [7, 11) is 0. The van der Waals surface area contributed by atoms with E-state index in [0.717, 1.165) is 0 Å². The lowest BCUT2D eigenvalue weighted by atomic mass is 10.1. The van der Waals surface area contributed by atoms with Crippen LogP contribution >= 0.6 is 11.6 Å². The van der Waals surface area contributed by atoms with Crippen molar-refractivity contribution in [1.82, 2.24) is 15.3 Å². The predicted molar refractivity (Wildman–Crippen MR) is 93.1 cm³/mol. The second-order valence-electron chi connectivity index (χ2n) is 5.15. The van der Waals surface area contributed by atoms with Crippen molar-refractivity contribution in [2.24, 2.45) is 0 Å². The number of halogens is 2. The third-order valence-electron chi connectivity index (χ3n) is 3.47. The third kappa shape index (κ3) is 3.70. The first-order valence-corrected chi connectivity index (χ1v) is 8.01. The maximum absolute atomic E-state index is 13.1. The summed E-state index contributed by atoms with van der Waals surface area (Å²) in [5, 5.41) is 4.91. The topological polar surface area (TPSA) is 56.1 Å². The highest BCUT2D eigenvalue weighted by atomic mass is 35.5. The molecule has 25 heavy (non-hydrogen) atoms. The molecular weight excluding hydrogens is 345 g/mol. The van der Waals surface area contributed by atoms with Crippen LogP contribution in [0, 0.1) is 5.82 Å². The molecule has 0 saturated heterocycles. The van der Waals surface area contributed by atoms with E-state index in [-0.39, 0.29) is 11.5 Å². The van der Waals surface area contributed by atoms with E-state index in [9.17, 15) is 9.18 Å². The van der Waals surface area contributed by atoms with Gasteiger partial charge in [0, 0.05) is 5.56 Å². The third-order valence-corrected chi connectivity index (χ3v) is 3.79. The maximum atomic E-state index is 13.1. The van der Waals surface area contributed by atoms with Crippen LogP contribution in [-0.4, -0.2) is 22.3 Å². The highest BCUT2D eigenvalue weighted by molar-refractivity contribution is 6.32. The van der Waals surface area contributed by atoms with Crippen molar-refractivity contribution in [3.8, 4) is 16.9 Å². The number of aromatic nitrogens is 2. The summed E-state index contributed by atoms with van der Waals surface area (Å²) in [6, 6.07) is 14.5. The van der Waals surface area contributed by atoms with Crippen molar-refractivity contribution in [2.75, 3.05) is 6.61 Å². The molecule has 0 bridgehead atoms. The van der Waals surface area contributed by atoms with Gasteiger partial charge in [-0.1, -0.05) is 23.7 Å². The molecular formula is C18H15ClFN3O2. The van der Waals surface area contributed by atoms with E-state index < -0.39 is 5.91 Å². The molecule has 5 nitrogen and oxygen atoms in total. The molecule has 1 N–H and O–H groups in total. The van der Waals surface area contributed by atoms with Crippen molar-refractivity contribution in [3.05, 3.63) is 71.1 Å². The predicted octanol–water partition coefficient (Wildman–Crippen LogP) is 4.01. The van der Waals surface area contributed by atoms with E-state index in [2.05, 4.69) is 10.6 Å². The van der Waals surface area contributed by atoms with E-state index in [1.165, 1.54) is 16.8 Å². The zero-order valence-corrected chi connectivity index (χ0v) is 14.1. The second kappa shape index (κ2) is 7.46. The monoisotopic (exact) mass is 359 g/mol. The number of nitrogens with one attached hydrogen (secondary N) is 1. The quantitative estimate of drug-likeness (QED) is 0.700. The summed E-state index contributed by atoms with van der Waals surface area (Å²) >= 11 is 6.24. The lowest BCUT2D eigenvalue weighted by molar-refractivity contribution is 0.0357. The Morgan fingerprint density at radius 2 is 1.96 bits per heavy atom. The molecule has 128 valence electrons. The number of nitrogens with zero attached hydrogens (tertiary/aromatic N) is 2. The fourth-order valence-corrected chi connectivity index (χ4v) is 2.52. The van der Waals surface area contributed by atoms with Crippen molar-refractivity contribution in [3.63, 3.8) is 0 Å². The molecule has 1 amide bonds. The molecule has 0 unspecified atom stereocenters. The molecule has 0 aliphatic heterocycles. The molecule has 0 atom stereocenters. The number of hydroxylamine groups is 1. The van der Waals surface area contributed by atoms with Crippen molar-refractivity contribution >= 4 is 17.5 Å². The van der Waals surface area contributed by atoms with Gasteiger partial charge in [-0.25, -0.2) is 14.6 Å². The Bertz CT molecular complexity index is 894. The molecule has 7 heteroatoms. The fourth-order valence-electron chi connectivity index (χ4n) is 2.30. The molecule has 3 aromatic rings. The van der Waals surface area contributed by atoms with Crippen LogP contribution in [0.3, 0.4) is 0 Å². The first-order valence-electron chi connectivity index (χ1n) is 7.63. The second-order valence-corrected chi connectivity index (χ2v) is 5.56. The summed E-state index contributed by atoms with van der Waals surface area (Å²) in [4.78, 5) is 17.4. The SMILES string of the molecule is CCONC(=O)c1cc(-c2ccc(F)cc2)nn1-c1ccccc1Cl. The van der Waals surface area contributed by atoms with E-state index in [4.69, 9.17) is 16.4 Å². The van der Waals surface area contributed by atoms with Gasteiger partial charge >= 0.3 is 0 Å². The summed E-state index contributed by atoms with van der Waals surface area (Å²) in [5.74, 6) is -0.800. The van der Waals surface area contributed by atoms with E-state index in [1.54, 1.807) is 49.4 Å². The van der Waals surface area contributed by atoms with Gasteiger partial charge in [-0.3, -0.25) is 9.63 Å². The molecule has 2 aromatic carbocycles.